The van der Waals surface area contributed by atoms with Crippen LogP contribution in [0.2, 0.25) is 0 Å². The second kappa shape index (κ2) is 6.67. The van der Waals surface area contributed by atoms with Crippen molar-refractivity contribution >= 4 is 18.1 Å². The molecular formula is C13H22FNO5. The zero-order valence-corrected chi connectivity index (χ0v) is 12.7. The quantitative estimate of drug-likeness (QED) is 0.633. The van der Waals surface area contributed by atoms with E-state index in [1.165, 1.54) is 0 Å². The Bertz CT molecular complexity index is 381. The fraction of sp³-hybridized carbons (Fsp3) is 0.769. The van der Waals surface area contributed by atoms with E-state index in [4.69, 9.17) is 9.47 Å². The Balaban J connectivity index is 4.77. The lowest BCUT2D eigenvalue weighted by molar-refractivity contribution is -0.159. The molecule has 20 heavy (non-hydrogen) atoms. The highest BCUT2D eigenvalue weighted by molar-refractivity contribution is 5.86. The van der Waals surface area contributed by atoms with Crippen LogP contribution in [0.1, 0.15) is 48.0 Å². The summed E-state index contributed by atoms with van der Waals surface area (Å²) in [6, 6.07) is -3.14. The fourth-order valence-corrected chi connectivity index (χ4v) is 1.18. The maximum absolute atomic E-state index is 12.5. The Morgan fingerprint density at radius 3 is 1.80 bits per heavy atom. The van der Waals surface area contributed by atoms with Crippen LogP contribution < -0.4 is 5.32 Å². The fourth-order valence-electron chi connectivity index (χ4n) is 1.18. The normalized spacial score (nSPS) is 13.3. The third kappa shape index (κ3) is 9.29. The number of rotatable bonds is 4. The molecule has 0 bridgehead atoms. The van der Waals surface area contributed by atoms with E-state index >= 15 is 0 Å². The first-order valence-corrected chi connectivity index (χ1v) is 6.21. The number of halogens is 1. The van der Waals surface area contributed by atoms with Crippen molar-refractivity contribution in [3.8, 4) is 0 Å². The molecule has 0 heterocycles. The highest BCUT2D eigenvalue weighted by Crippen LogP contribution is 2.12. The van der Waals surface area contributed by atoms with E-state index in [9.17, 15) is 18.8 Å². The van der Waals surface area contributed by atoms with Gasteiger partial charge in [0, 0.05) is 0 Å². The first-order chi connectivity index (χ1) is 8.80. The van der Waals surface area contributed by atoms with Gasteiger partial charge in [0.05, 0.1) is 6.42 Å². The molecule has 0 spiro atoms. The minimum Gasteiger partial charge on any atom is -0.458 e. The van der Waals surface area contributed by atoms with Gasteiger partial charge in [-0.1, -0.05) is 0 Å². The monoisotopic (exact) mass is 291 g/mol. The molecular weight excluding hydrogens is 269 g/mol. The molecule has 0 rings (SSSR count). The molecule has 0 saturated carbocycles. The summed E-state index contributed by atoms with van der Waals surface area (Å²) in [5.74, 6) is -0.894. The number of carbonyl (C=O) groups is 3. The number of alkyl carbamates (subject to hydrolysis) is 1. The molecule has 6 nitrogen and oxygen atoms in total. The Hall–Kier alpha value is -1.66. The van der Waals surface area contributed by atoms with Gasteiger partial charge < -0.3 is 14.8 Å². The maximum Gasteiger partial charge on any atom is 0.408 e. The summed E-state index contributed by atoms with van der Waals surface area (Å²) in [6.45, 7) is 9.76. The molecule has 0 aromatic rings. The number of nitrogens with one attached hydrogen (secondary N) is 1. The van der Waals surface area contributed by atoms with Gasteiger partial charge in [-0.25, -0.2) is 9.59 Å². The Labute approximate surface area is 118 Å². The first-order valence-electron chi connectivity index (χ1n) is 6.21. The lowest BCUT2D eigenvalue weighted by Gasteiger charge is -2.25. The van der Waals surface area contributed by atoms with Crippen molar-refractivity contribution in [2.75, 3.05) is 0 Å². The highest BCUT2D eigenvalue weighted by atomic mass is 19.1. The number of ether oxygens (including phenoxy) is 2. The van der Waals surface area contributed by atoms with Gasteiger partial charge in [-0.15, -0.1) is 0 Å². The molecule has 0 aromatic carbocycles. The third-order valence-corrected chi connectivity index (χ3v) is 1.75. The zero-order valence-electron chi connectivity index (χ0n) is 12.7. The maximum atomic E-state index is 12.5. The van der Waals surface area contributed by atoms with Gasteiger partial charge in [-0.2, -0.15) is 4.39 Å². The Morgan fingerprint density at radius 1 is 1.00 bits per heavy atom. The van der Waals surface area contributed by atoms with Crippen molar-refractivity contribution in [1.82, 2.24) is 5.32 Å². The van der Waals surface area contributed by atoms with Crippen LogP contribution in [0.5, 0.6) is 0 Å². The van der Waals surface area contributed by atoms with Crippen LogP contribution >= 0.6 is 0 Å². The summed E-state index contributed by atoms with van der Waals surface area (Å²) in [6.07, 6.45) is -1.72. The molecule has 1 N–H and O–H groups in total. The van der Waals surface area contributed by atoms with Gasteiger partial charge >= 0.3 is 18.1 Å². The molecule has 0 aliphatic heterocycles. The largest absolute Gasteiger partial charge is 0.458 e. The molecule has 1 atom stereocenters. The molecule has 0 unspecified atom stereocenters. The molecule has 7 heteroatoms. The van der Waals surface area contributed by atoms with Crippen molar-refractivity contribution in [3.05, 3.63) is 0 Å². The summed E-state index contributed by atoms with van der Waals surface area (Å²) < 4.78 is 22.4. The van der Waals surface area contributed by atoms with Crippen molar-refractivity contribution < 1.29 is 28.2 Å². The van der Waals surface area contributed by atoms with E-state index < -0.39 is 41.8 Å². The zero-order chi connectivity index (χ0) is 16.1. The van der Waals surface area contributed by atoms with Gasteiger partial charge in [0.15, 0.2) is 0 Å². The van der Waals surface area contributed by atoms with Crippen molar-refractivity contribution in [2.24, 2.45) is 0 Å². The van der Waals surface area contributed by atoms with E-state index in [1.54, 1.807) is 41.5 Å². The number of esters is 1. The van der Waals surface area contributed by atoms with Crippen LogP contribution in [0.15, 0.2) is 0 Å². The molecule has 0 aliphatic carbocycles. The van der Waals surface area contributed by atoms with E-state index in [1.807, 2.05) is 0 Å². The summed E-state index contributed by atoms with van der Waals surface area (Å²) in [7, 11) is 0. The average molecular weight is 291 g/mol. The van der Waals surface area contributed by atoms with Gasteiger partial charge in [-0.3, -0.25) is 4.79 Å². The molecule has 0 fully saturated rings. The van der Waals surface area contributed by atoms with E-state index in [2.05, 4.69) is 5.32 Å². The molecule has 0 saturated heterocycles. The predicted molar refractivity (Wildman–Crippen MR) is 69.7 cm³/mol. The van der Waals surface area contributed by atoms with Gasteiger partial charge in [0.1, 0.15) is 17.2 Å². The lowest BCUT2D eigenvalue weighted by atomic mass is 10.1. The topological polar surface area (TPSA) is 81.7 Å². The average Bonchev–Trinajstić information content (AvgIpc) is 2.09. The molecule has 116 valence electrons. The van der Waals surface area contributed by atoms with Crippen LogP contribution in [0.3, 0.4) is 0 Å². The van der Waals surface area contributed by atoms with Crippen molar-refractivity contribution in [1.29, 1.82) is 0 Å². The van der Waals surface area contributed by atoms with Crippen LogP contribution in [-0.2, 0) is 19.1 Å². The molecule has 1 amide bonds. The number of carbonyl (C=O) groups excluding carboxylic acids is 3. The summed E-state index contributed by atoms with van der Waals surface area (Å²) >= 11 is 0. The van der Waals surface area contributed by atoms with E-state index in [0.29, 0.717) is 0 Å². The third-order valence-electron chi connectivity index (χ3n) is 1.75. The predicted octanol–water partition coefficient (Wildman–Crippen LogP) is 2.11. The van der Waals surface area contributed by atoms with Gasteiger partial charge in [0.2, 0.25) is 0 Å². The Morgan fingerprint density at radius 2 is 1.45 bits per heavy atom. The Kier molecular flexibility index (Phi) is 6.12. The summed E-state index contributed by atoms with van der Waals surface area (Å²) in [5.41, 5.74) is -1.59. The number of hydrogen-bond acceptors (Lipinski definition) is 5. The summed E-state index contributed by atoms with van der Waals surface area (Å²) in [5, 5.41) is 2.13. The van der Waals surface area contributed by atoms with E-state index in [-0.39, 0.29) is 0 Å². The van der Waals surface area contributed by atoms with E-state index in [0.717, 1.165) is 0 Å². The highest BCUT2D eigenvalue weighted by Gasteiger charge is 2.30. The first kappa shape index (κ1) is 18.3. The van der Waals surface area contributed by atoms with Gasteiger partial charge in [-0.05, 0) is 41.5 Å². The van der Waals surface area contributed by atoms with Crippen molar-refractivity contribution in [3.63, 3.8) is 0 Å². The minimum atomic E-state index is -1.73. The lowest BCUT2D eigenvalue weighted by Crippen LogP contribution is -2.46. The van der Waals surface area contributed by atoms with Crippen LogP contribution in [-0.4, -0.2) is 35.3 Å². The molecule has 0 aromatic heterocycles. The second-order valence-corrected chi connectivity index (χ2v) is 6.29. The second-order valence-electron chi connectivity index (χ2n) is 6.29. The number of hydrogen-bond donors (Lipinski definition) is 1. The van der Waals surface area contributed by atoms with Crippen LogP contribution in [0.4, 0.5) is 9.18 Å². The molecule has 0 aliphatic rings. The van der Waals surface area contributed by atoms with Crippen molar-refractivity contribution in [2.45, 2.75) is 65.2 Å². The van der Waals surface area contributed by atoms with Crippen LogP contribution in [0, 0.1) is 0 Å². The SMILES string of the molecule is CC(C)(C)OC(=O)N[C@@H](CC(=O)F)C(=O)OC(C)(C)C. The van der Waals surface area contributed by atoms with Crippen LogP contribution in [0.25, 0.3) is 0 Å². The number of amides is 1. The van der Waals surface area contributed by atoms with Gasteiger partial charge in [0.25, 0.3) is 0 Å². The summed E-state index contributed by atoms with van der Waals surface area (Å²) in [4.78, 5) is 33.9. The molecule has 0 radical (unpaired) electrons. The standard InChI is InChI=1S/C13H22FNO5/c1-12(2,3)19-10(17)8(7-9(14)16)15-11(18)20-13(4,5)6/h8H,7H2,1-6H3,(H,15,18)/t8-/m0/s1. The smallest absolute Gasteiger partial charge is 0.408 e. The minimum absolute atomic E-state index is 0.776.